The molecule has 0 spiro atoms. The molecule has 2 aromatic heterocycles. The lowest BCUT2D eigenvalue weighted by Gasteiger charge is -2.26. The topological polar surface area (TPSA) is 45.5 Å². The van der Waals surface area contributed by atoms with Crippen LogP contribution in [-0.4, -0.2) is 52.2 Å². The lowest BCUT2D eigenvalue weighted by atomic mass is 10.3. The molecule has 0 aromatic carbocycles. The Hall–Kier alpha value is -1.17. The molecule has 0 bridgehead atoms. The highest BCUT2D eigenvalue weighted by Crippen LogP contribution is 2.10. The molecule has 6 heteroatoms. The molecule has 0 amide bonds. The first-order valence-electron chi connectivity index (χ1n) is 6.25. The fourth-order valence-corrected chi connectivity index (χ4v) is 2.36. The molecule has 0 saturated carbocycles. The summed E-state index contributed by atoms with van der Waals surface area (Å²) in [7, 11) is 0. The Labute approximate surface area is 111 Å². The van der Waals surface area contributed by atoms with E-state index in [1.54, 1.807) is 10.7 Å². The van der Waals surface area contributed by atoms with Gasteiger partial charge in [-0.3, -0.25) is 0 Å². The third-order valence-electron chi connectivity index (χ3n) is 3.20. The van der Waals surface area contributed by atoms with Crippen LogP contribution in [0.5, 0.6) is 0 Å². The molecule has 0 aliphatic carbocycles. The number of fused-ring (bicyclic) bond motifs is 1. The molecule has 1 aliphatic heterocycles. The quantitative estimate of drug-likeness (QED) is 0.893. The molecule has 18 heavy (non-hydrogen) atoms. The molecule has 2 aromatic rings. The van der Waals surface area contributed by atoms with Gasteiger partial charge >= 0.3 is 0 Å². The summed E-state index contributed by atoms with van der Waals surface area (Å²) in [5.74, 6) is 0.885. The number of hydrogen-bond acceptors (Lipinski definition) is 4. The van der Waals surface area contributed by atoms with Crippen molar-refractivity contribution in [2.24, 2.45) is 0 Å². The van der Waals surface area contributed by atoms with Gasteiger partial charge in [0.1, 0.15) is 0 Å². The highest BCUT2D eigenvalue weighted by atomic mass is 35.5. The monoisotopic (exact) mass is 265 g/mol. The molecule has 0 atom stereocenters. The van der Waals surface area contributed by atoms with Gasteiger partial charge in [0.2, 0.25) is 0 Å². The number of piperazine rings is 1. The van der Waals surface area contributed by atoms with Crippen molar-refractivity contribution < 1.29 is 0 Å². The van der Waals surface area contributed by atoms with Crippen molar-refractivity contribution in [1.82, 2.24) is 24.8 Å². The van der Waals surface area contributed by atoms with Crippen LogP contribution in [-0.2, 0) is 6.42 Å². The molecule has 1 saturated heterocycles. The van der Waals surface area contributed by atoms with E-state index in [1.165, 1.54) is 0 Å². The fourth-order valence-electron chi connectivity index (χ4n) is 2.20. The van der Waals surface area contributed by atoms with Gasteiger partial charge in [-0.25, -0.2) is 9.50 Å². The maximum absolute atomic E-state index is 5.92. The number of aromatic nitrogens is 3. The predicted molar refractivity (Wildman–Crippen MR) is 71.0 cm³/mol. The maximum atomic E-state index is 5.92. The molecular weight excluding hydrogens is 250 g/mol. The van der Waals surface area contributed by atoms with Gasteiger partial charge in [-0.15, -0.1) is 0 Å². The first-order chi connectivity index (χ1) is 8.81. The standard InChI is InChI=1S/C12H16ClN5/c13-10-1-2-12-15-11(16-18(12)9-10)3-6-17-7-4-14-5-8-17/h1-2,9,14H,3-8H2. The van der Waals surface area contributed by atoms with Crippen LogP contribution in [0.15, 0.2) is 18.3 Å². The van der Waals surface area contributed by atoms with Gasteiger partial charge in [0.25, 0.3) is 0 Å². The largest absolute Gasteiger partial charge is 0.314 e. The van der Waals surface area contributed by atoms with Gasteiger partial charge < -0.3 is 10.2 Å². The second kappa shape index (κ2) is 5.22. The molecule has 3 heterocycles. The van der Waals surface area contributed by atoms with Gasteiger partial charge in [0.05, 0.1) is 5.02 Å². The average Bonchev–Trinajstić information content (AvgIpc) is 2.79. The van der Waals surface area contributed by atoms with Gasteiger partial charge in [0.15, 0.2) is 11.5 Å². The molecule has 1 N–H and O–H groups in total. The third-order valence-corrected chi connectivity index (χ3v) is 3.42. The van der Waals surface area contributed by atoms with E-state index in [0.29, 0.717) is 5.02 Å². The van der Waals surface area contributed by atoms with Gasteiger partial charge in [-0.1, -0.05) is 11.6 Å². The lowest BCUT2D eigenvalue weighted by molar-refractivity contribution is 0.242. The number of nitrogens with one attached hydrogen (secondary N) is 1. The van der Waals surface area contributed by atoms with Crippen LogP contribution in [0.4, 0.5) is 0 Å². The number of nitrogens with zero attached hydrogens (tertiary/aromatic N) is 4. The zero-order chi connectivity index (χ0) is 12.4. The van der Waals surface area contributed by atoms with E-state index in [0.717, 1.165) is 50.6 Å². The lowest BCUT2D eigenvalue weighted by Crippen LogP contribution is -2.44. The van der Waals surface area contributed by atoms with Crippen molar-refractivity contribution in [3.63, 3.8) is 0 Å². The van der Waals surface area contributed by atoms with Crippen LogP contribution in [0, 0.1) is 0 Å². The summed E-state index contributed by atoms with van der Waals surface area (Å²) >= 11 is 5.92. The number of pyridine rings is 1. The Kier molecular flexibility index (Phi) is 3.45. The van der Waals surface area contributed by atoms with Crippen molar-refractivity contribution >= 4 is 17.2 Å². The average molecular weight is 266 g/mol. The summed E-state index contributed by atoms with van der Waals surface area (Å²) in [6.07, 6.45) is 2.68. The number of halogens is 1. The molecule has 96 valence electrons. The smallest absolute Gasteiger partial charge is 0.155 e. The second-order valence-corrected chi connectivity index (χ2v) is 4.96. The van der Waals surface area contributed by atoms with Crippen molar-refractivity contribution in [3.05, 3.63) is 29.2 Å². The van der Waals surface area contributed by atoms with Gasteiger partial charge in [-0.05, 0) is 12.1 Å². The van der Waals surface area contributed by atoms with Gasteiger partial charge in [0, 0.05) is 45.3 Å². The summed E-state index contributed by atoms with van der Waals surface area (Å²) in [5.41, 5.74) is 0.856. The highest BCUT2D eigenvalue weighted by molar-refractivity contribution is 6.30. The van der Waals surface area contributed by atoms with Crippen molar-refractivity contribution in [2.45, 2.75) is 6.42 Å². The minimum Gasteiger partial charge on any atom is -0.314 e. The Morgan fingerprint density at radius 1 is 1.28 bits per heavy atom. The van der Waals surface area contributed by atoms with Crippen molar-refractivity contribution in [3.8, 4) is 0 Å². The minimum absolute atomic E-state index is 0.682. The van der Waals surface area contributed by atoms with E-state index in [4.69, 9.17) is 11.6 Å². The Morgan fingerprint density at radius 3 is 2.94 bits per heavy atom. The van der Waals surface area contributed by atoms with Crippen LogP contribution >= 0.6 is 11.6 Å². The maximum Gasteiger partial charge on any atom is 0.155 e. The zero-order valence-electron chi connectivity index (χ0n) is 10.1. The first-order valence-corrected chi connectivity index (χ1v) is 6.63. The first kappa shape index (κ1) is 11.9. The van der Waals surface area contributed by atoms with Crippen molar-refractivity contribution in [1.29, 1.82) is 0 Å². The molecule has 0 radical (unpaired) electrons. The summed E-state index contributed by atoms with van der Waals surface area (Å²) < 4.78 is 1.75. The van der Waals surface area contributed by atoms with Gasteiger partial charge in [-0.2, -0.15) is 5.10 Å². The summed E-state index contributed by atoms with van der Waals surface area (Å²) in [6.45, 7) is 5.40. The van der Waals surface area contributed by atoms with Crippen LogP contribution in [0.2, 0.25) is 5.02 Å². The summed E-state index contributed by atoms with van der Waals surface area (Å²) in [4.78, 5) is 6.93. The summed E-state index contributed by atoms with van der Waals surface area (Å²) in [5, 5.41) is 8.47. The van der Waals surface area contributed by atoms with E-state index < -0.39 is 0 Å². The summed E-state index contributed by atoms with van der Waals surface area (Å²) in [6, 6.07) is 3.73. The minimum atomic E-state index is 0.682. The zero-order valence-corrected chi connectivity index (χ0v) is 10.9. The normalized spacial score (nSPS) is 17.4. The molecule has 3 rings (SSSR count). The SMILES string of the molecule is Clc1ccc2nc(CCN3CCNCC3)nn2c1. The van der Waals surface area contributed by atoms with E-state index in [-0.39, 0.29) is 0 Å². The molecule has 1 fully saturated rings. The second-order valence-electron chi connectivity index (χ2n) is 4.52. The fraction of sp³-hybridized carbons (Fsp3) is 0.500. The van der Waals surface area contributed by atoms with Crippen LogP contribution < -0.4 is 5.32 Å². The number of rotatable bonds is 3. The Bertz CT molecular complexity index is 532. The van der Waals surface area contributed by atoms with Crippen LogP contribution in [0.3, 0.4) is 0 Å². The van der Waals surface area contributed by atoms with Crippen molar-refractivity contribution in [2.75, 3.05) is 32.7 Å². The molecular formula is C12H16ClN5. The van der Waals surface area contributed by atoms with Crippen LogP contribution in [0.25, 0.3) is 5.65 Å². The van der Waals surface area contributed by atoms with E-state index in [9.17, 15) is 0 Å². The highest BCUT2D eigenvalue weighted by Gasteiger charge is 2.11. The Morgan fingerprint density at radius 2 is 2.11 bits per heavy atom. The number of hydrogen-bond donors (Lipinski definition) is 1. The molecule has 1 aliphatic rings. The predicted octanol–water partition coefficient (Wildman–Crippen LogP) is 0.830. The molecule has 0 unspecified atom stereocenters. The third kappa shape index (κ3) is 2.63. The van der Waals surface area contributed by atoms with E-state index in [1.807, 2.05) is 12.1 Å². The Balaban J connectivity index is 1.67. The molecule has 5 nitrogen and oxygen atoms in total. The van der Waals surface area contributed by atoms with E-state index >= 15 is 0 Å². The van der Waals surface area contributed by atoms with E-state index in [2.05, 4.69) is 20.3 Å². The van der Waals surface area contributed by atoms with Crippen LogP contribution in [0.1, 0.15) is 5.82 Å².